The van der Waals surface area contributed by atoms with Gasteiger partial charge in [0, 0.05) is 12.6 Å². The molecule has 2 N–H and O–H groups in total. The van der Waals surface area contributed by atoms with E-state index in [0.29, 0.717) is 17.4 Å². The Hall–Kier alpha value is -2.69. The Balaban J connectivity index is 1.60. The lowest BCUT2D eigenvalue weighted by Gasteiger charge is -2.46. The predicted molar refractivity (Wildman–Crippen MR) is 122 cm³/mol. The van der Waals surface area contributed by atoms with Crippen molar-refractivity contribution in [2.24, 2.45) is 22.1 Å². The topological polar surface area (TPSA) is 58.7 Å². The summed E-state index contributed by atoms with van der Waals surface area (Å²) in [6, 6.07) is 16.0. The molecule has 1 amide bonds. The van der Waals surface area contributed by atoms with E-state index < -0.39 is 11.0 Å². The van der Waals surface area contributed by atoms with Gasteiger partial charge in [-0.1, -0.05) is 42.5 Å². The number of benzene rings is 2. The second kappa shape index (κ2) is 7.77. The van der Waals surface area contributed by atoms with E-state index in [2.05, 4.69) is 35.3 Å². The van der Waals surface area contributed by atoms with Crippen LogP contribution in [0.2, 0.25) is 0 Å². The minimum atomic E-state index is -1.07. The Morgan fingerprint density at radius 2 is 1.84 bits per heavy atom. The summed E-state index contributed by atoms with van der Waals surface area (Å²) < 4.78 is 15.1. The molecule has 5 heteroatoms. The van der Waals surface area contributed by atoms with E-state index in [4.69, 9.17) is 5.73 Å². The minimum absolute atomic E-state index is 0.123. The van der Waals surface area contributed by atoms with Gasteiger partial charge in [0.15, 0.2) is 5.96 Å². The summed E-state index contributed by atoms with van der Waals surface area (Å²) in [5.41, 5.74) is 6.98. The number of guanidine groups is 1. The van der Waals surface area contributed by atoms with Crippen molar-refractivity contribution < 1.29 is 9.18 Å². The zero-order valence-electron chi connectivity index (χ0n) is 18.9. The SMILES string of the molecule is CN1C(=O)C(C)(C)[C@@](C)(c2cc(CC3CCC(c4ccccc4)C3)ccc2F)N=C1N. The minimum Gasteiger partial charge on any atom is -0.369 e. The molecule has 1 aliphatic carbocycles. The van der Waals surface area contributed by atoms with Crippen molar-refractivity contribution in [2.45, 2.75) is 57.9 Å². The van der Waals surface area contributed by atoms with Crippen molar-refractivity contribution in [3.05, 3.63) is 71.0 Å². The number of carbonyl (C=O) groups excluding carboxylic acids is 1. The molecule has 31 heavy (non-hydrogen) atoms. The monoisotopic (exact) mass is 421 g/mol. The van der Waals surface area contributed by atoms with Gasteiger partial charge in [-0.3, -0.25) is 9.69 Å². The van der Waals surface area contributed by atoms with E-state index in [-0.39, 0.29) is 17.7 Å². The lowest BCUT2D eigenvalue weighted by atomic mass is 9.67. The number of nitrogens with two attached hydrogens (primary N) is 1. The number of nitrogens with zero attached hydrogens (tertiary/aromatic N) is 2. The molecule has 4 nitrogen and oxygen atoms in total. The van der Waals surface area contributed by atoms with Crippen molar-refractivity contribution >= 4 is 11.9 Å². The average Bonchev–Trinajstić information content (AvgIpc) is 3.22. The van der Waals surface area contributed by atoms with E-state index in [9.17, 15) is 4.79 Å². The van der Waals surface area contributed by atoms with Gasteiger partial charge in [0.1, 0.15) is 11.4 Å². The third-order valence-electron chi connectivity index (χ3n) is 7.63. The average molecular weight is 422 g/mol. The summed E-state index contributed by atoms with van der Waals surface area (Å²) >= 11 is 0. The van der Waals surface area contributed by atoms with Crippen molar-refractivity contribution in [1.29, 1.82) is 0 Å². The van der Waals surface area contributed by atoms with Crippen LogP contribution in [-0.2, 0) is 16.8 Å². The van der Waals surface area contributed by atoms with E-state index in [1.54, 1.807) is 7.05 Å². The number of amides is 1. The number of halogens is 1. The Bertz CT molecular complexity index is 1020. The molecule has 0 spiro atoms. The highest BCUT2D eigenvalue weighted by atomic mass is 19.1. The quantitative estimate of drug-likeness (QED) is 0.757. The number of hydrogen-bond donors (Lipinski definition) is 1. The van der Waals surface area contributed by atoms with Gasteiger partial charge in [-0.05, 0) is 75.5 Å². The van der Waals surface area contributed by atoms with Crippen LogP contribution >= 0.6 is 0 Å². The summed E-state index contributed by atoms with van der Waals surface area (Å²) in [5, 5.41) is 0. The lowest BCUT2D eigenvalue weighted by Crippen LogP contribution is -2.58. The molecule has 2 unspecified atom stereocenters. The molecule has 2 aromatic rings. The highest BCUT2D eigenvalue weighted by molar-refractivity contribution is 6.01. The van der Waals surface area contributed by atoms with Crippen molar-refractivity contribution in [1.82, 2.24) is 4.90 Å². The van der Waals surface area contributed by atoms with Crippen LogP contribution in [0.15, 0.2) is 53.5 Å². The first-order valence-corrected chi connectivity index (χ1v) is 11.1. The van der Waals surface area contributed by atoms with Crippen LogP contribution in [-0.4, -0.2) is 23.8 Å². The van der Waals surface area contributed by atoms with E-state index in [1.807, 2.05) is 32.9 Å². The first-order chi connectivity index (χ1) is 14.6. The van der Waals surface area contributed by atoms with E-state index in [0.717, 1.165) is 18.4 Å². The Labute approximate surface area is 184 Å². The fourth-order valence-electron chi connectivity index (χ4n) is 5.27. The molecule has 1 heterocycles. The summed E-state index contributed by atoms with van der Waals surface area (Å²) in [6.07, 6.45) is 4.41. The van der Waals surface area contributed by atoms with E-state index >= 15 is 4.39 Å². The van der Waals surface area contributed by atoms with Gasteiger partial charge in [-0.25, -0.2) is 9.38 Å². The Kier molecular flexibility index (Phi) is 5.40. The maximum absolute atomic E-state index is 15.1. The molecule has 1 saturated carbocycles. The normalized spacial score (nSPS) is 28.0. The maximum Gasteiger partial charge on any atom is 0.237 e. The second-order valence-electron chi connectivity index (χ2n) is 9.84. The first-order valence-electron chi connectivity index (χ1n) is 11.1. The van der Waals surface area contributed by atoms with Gasteiger partial charge >= 0.3 is 0 Å². The zero-order chi connectivity index (χ0) is 22.4. The van der Waals surface area contributed by atoms with Crippen LogP contribution in [0.1, 0.15) is 62.6 Å². The summed E-state index contributed by atoms with van der Waals surface area (Å²) in [4.78, 5) is 18.9. The van der Waals surface area contributed by atoms with Gasteiger partial charge in [-0.2, -0.15) is 0 Å². The molecular weight excluding hydrogens is 389 g/mol. The van der Waals surface area contributed by atoms with Gasteiger partial charge in [-0.15, -0.1) is 0 Å². The largest absolute Gasteiger partial charge is 0.369 e. The van der Waals surface area contributed by atoms with Gasteiger partial charge < -0.3 is 5.73 Å². The number of rotatable bonds is 4. The summed E-state index contributed by atoms with van der Waals surface area (Å²) in [6.45, 7) is 5.44. The van der Waals surface area contributed by atoms with Crippen molar-refractivity contribution in [3.63, 3.8) is 0 Å². The summed E-state index contributed by atoms with van der Waals surface area (Å²) in [7, 11) is 1.61. The molecule has 2 aromatic carbocycles. The lowest BCUT2D eigenvalue weighted by molar-refractivity contribution is -0.140. The fourth-order valence-corrected chi connectivity index (χ4v) is 5.27. The van der Waals surface area contributed by atoms with Crippen LogP contribution in [0.5, 0.6) is 0 Å². The van der Waals surface area contributed by atoms with Gasteiger partial charge in [0.05, 0.1) is 5.41 Å². The van der Waals surface area contributed by atoms with Crippen LogP contribution in [0.3, 0.4) is 0 Å². The predicted octanol–water partition coefficient (Wildman–Crippen LogP) is 4.98. The molecule has 3 atom stereocenters. The Morgan fingerprint density at radius 1 is 1.13 bits per heavy atom. The van der Waals surface area contributed by atoms with Gasteiger partial charge in [0.2, 0.25) is 5.91 Å². The van der Waals surface area contributed by atoms with Crippen molar-refractivity contribution in [3.8, 4) is 0 Å². The first kappa shape index (κ1) is 21.5. The van der Waals surface area contributed by atoms with Crippen LogP contribution in [0, 0.1) is 17.2 Å². The van der Waals surface area contributed by atoms with Crippen molar-refractivity contribution in [2.75, 3.05) is 7.05 Å². The molecule has 1 fully saturated rings. The van der Waals surface area contributed by atoms with E-state index in [1.165, 1.54) is 29.4 Å². The summed E-state index contributed by atoms with van der Waals surface area (Å²) in [5.74, 6) is 0.782. The third-order valence-corrected chi connectivity index (χ3v) is 7.63. The number of hydrogen-bond acceptors (Lipinski definition) is 3. The fraction of sp³-hybridized carbons (Fsp3) is 0.462. The van der Waals surface area contributed by atoms with Gasteiger partial charge in [0.25, 0.3) is 0 Å². The zero-order valence-corrected chi connectivity index (χ0v) is 18.9. The molecule has 0 saturated heterocycles. The molecule has 4 rings (SSSR count). The molecule has 1 aliphatic heterocycles. The van der Waals surface area contributed by atoms with Crippen LogP contribution in [0.25, 0.3) is 0 Å². The highest BCUT2D eigenvalue weighted by Gasteiger charge is 2.53. The smallest absolute Gasteiger partial charge is 0.237 e. The molecule has 2 aliphatic rings. The molecular formula is C26H32FN3O. The molecule has 0 radical (unpaired) electrons. The third kappa shape index (κ3) is 3.64. The van der Waals surface area contributed by atoms with Crippen LogP contribution < -0.4 is 5.73 Å². The Morgan fingerprint density at radius 3 is 2.55 bits per heavy atom. The molecule has 0 bridgehead atoms. The van der Waals surface area contributed by atoms with Crippen LogP contribution in [0.4, 0.5) is 4.39 Å². The number of aliphatic imine (C=N–C) groups is 1. The molecule has 164 valence electrons. The molecule has 0 aromatic heterocycles. The maximum atomic E-state index is 15.1. The standard InChI is InChI=1S/C26H32FN3O/c1-25(2)23(31)30(4)24(28)29-26(25,3)21-16-18(11-13-22(21)27)14-17-10-12-20(15-17)19-8-6-5-7-9-19/h5-9,11,13,16-17,20H,10,12,14-15H2,1-4H3,(H2,28,29)/t17?,20?,26-/m1/s1. The highest BCUT2D eigenvalue weighted by Crippen LogP contribution is 2.48. The number of carbonyl (C=O) groups is 1. The second-order valence-corrected chi connectivity index (χ2v) is 9.84.